The SMILES string of the molecule is Cc1c(CCC(=O)O)ccc(OCc2cnnn2-c2ccc(Cl)cc2)c1C. The molecule has 0 saturated carbocycles. The Bertz CT molecular complexity index is 952. The Morgan fingerprint density at radius 3 is 2.59 bits per heavy atom. The summed E-state index contributed by atoms with van der Waals surface area (Å²) in [5.74, 6) is -0.0363. The molecular formula is C20H20ClN3O3. The van der Waals surface area contributed by atoms with Crippen LogP contribution in [0.15, 0.2) is 42.6 Å². The molecule has 0 spiro atoms. The number of rotatable bonds is 7. The lowest BCUT2D eigenvalue weighted by Crippen LogP contribution is -2.07. The number of hydrogen-bond acceptors (Lipinski definition) is 4. The highest BCUT2D eigenvalue weighted by Crippen LogP contribution is 2.26. The first-order chi connectivity index (χ1) is 13.0. The van der Waals surface area contributed by atoms with E-state index in [-0.39, 0.29) is 6.42 Å². The number of carboxylic acid groups (broad SMARTS) is 1. The first-order valence-corrected chi connectivity index (χ1v) is 8.92. The second kappa shape index (κ2) is 8.22. The maximum atomic E-state index is 10.8. The van der Waals surface area contributed by atoms with Crippen LogP contribution in [0.2, 0.25) is 5.02 Å². The monoisotopic (exact) mass is 385 g/mol. The minimum absolute atomic E-state index is 0.117. The van der Waals surface area contributed by atoms with E-state index in [9.17, 15) is 4.79 Å². The lowest BCUT2D eigenvalue weighted by atomic mass is 9.99. The Morgan fingerprint density at radius 2 is 1.89 bits per heavy atom. The molecule has 6 nitrogen and oxygen atoms in total. The molecule has 3 aromatic rings. The largest absolute Gasteiger partial charge is 0.487 e. The molecule has 7 heteroatoms. The number of carboxylic acids is 1. The van der Waals surface area contributed by atoms with Crippen LogP contribution in [0.1, 0.15) is 28.8 Å². The molecule has 0 atom stereocenters. The van der Waals surface area contributed by atoms with Gasteiger partial charge in [-0.3, -0.25) is 4.79 Å². The molecule has 0 aliphatic heterocycles. The summed E-state index contributed by atoms with van der Waals surface area (Å²) in [5.41, 5.74) is 4.74. The summed E-state index contributed by atoms with van der Waals surface area (Å²) in [6.07, 6.45) is 2.29. The van der Waals surface area contributed by atoms with Gasteiger partial charge in [-0.25, -0.2) is 4.68 Å². The van der Waals surface area contributed by atoms with Crippen molar-refractivity contribution in [1.82, 2.24) is 15.0 Å². The van der Waals surface area contributed by atoms with Crippen LogP contribution in [-0.2, 0) is 17.8 Å². The van der Waals surface area contributed by atoms with Crippen molar-refractivity contribution in [2.24, 2.45) is 0 Å². The van der Waals surface area contributed by atoms with E-state index in [0.717, 1.165) is 33.8 Å². The first kappa shape index (κ1) is 18.9. The van der Waals surface area contributed by atoms with Gasteiger partial charge in [-0.1, -0.05) is 22.9 Å². The summed E-state index contributed by atoms with van der Waals surface area (Å²) in [6.45, 7) is 4.27. The highest BCUT2D eigenvalue weighted by molar-refractivity contribution is 6.30. The molecule has 1 N–H and O–H groups in total. The number of benzene rings is 2. The van der Waals surface area contributed by atoms with Gasteiger partial charge in [0.05, 0.1) is 11.9 Å². The summed E-state index contributed by atoms with van der Waals surface area (Å²) in [4.78, 5) is 10.8. The van der Waals surface area contributed by atoms with Gasteiger partial charge in [-0.15, -0.1) is 5.10 Å². The average molecular weight is 386 g/mol. The topological polar surface area (TPSA) is 77.2 Å². The summed E-state index contributed by atoms with van der Waals surface area (Å²) >= 11 is 5.94. The second-order valence-electron chi connectivity index (χ2n) is 6.27. The number of ether oxygens (including phenoxy) is 1. The van der Waals surface area contributed by atoms with E-state index in [1.54, 1.807) is 23.0 Å². The summed E-state index contributed by atoms with van der Waals surface area (Å²) in [5, 5.41) is 17.6. The molecule has 3 rings (SSSR count). The number of aromatic nitrogens is 3. The smallest absolute Gasteiger partial charge is 0.303 e. The van der Waals surface area contributed by atoms with Crippen molar-refractivity contribution >= 4 is 17.6 Å². The van der Waals surface area contributed by atoms with Gasteiger partial charge < -0.3 is 9.84 Å². The average Bonchev–Trinajstić information content (AvgIpc) is 3.11. The van der Waals surface area contributed by atoms with Crippen LogP contribution in [0.4, 0.5) is 0 Å². The number of halogens is 1. The van der Waals surface area contributed by atoms with Crippen LogP contribution >= 0.6 is 11.6 Å². The van der Waals surface area contributed by atoms with Gasteiger partial charge >= 0.3 is 5.97 Å². The number of hydrogen-bond donors (Lipinski definition) is 1. The van der Waals surface area contributed by atoms with Gasteiger partial charge in [0.25, 0.3) is 0 Å². The second-order valence-corrected chi connectivity index (χ2v) is 6.71. The number of aliphatic carboxylic acids is 1. The predicted octanol–water partition coefficient (Wildman–Crippen LogP) is 4.13. The molecule has 2 aromatic carbocycles. The Morgan fingerprint density at radius 1 is 1.15 bits per heavy atom. The van der Waals surface area contributed by atoms with Gasteiger partial charge in [0.2, 0.25) is 0 Å². The lowest BCUT2D eigenvalue weighted by Gasteiger charge is -2.14. The number of nitrogens with zero attached hydrogens (tertiary/aromatic N) is 3. The fourth-order valence-electron chi connectivity index (χ4n) is 2.83. The van der Waals surface area contributed by atoms with Gasteiger partial charge in [-0.2, -0.15) is 0 Å². The molecule has 27 heavy (non-hydrogen) atoms. The van der Waals surface area contributed by atoms with E-state index in [0.29, 0.717) is 18.1 Å². The van der Waals surface area contributed by atoms with Crippen LogP contribution in [0.25, 0.3) is 5.69 Å². The molecule has 1 aromatic heterocycles. The van der Waals surface area contributed by atoms with E-state index in [4.69, 9.17) is 21.4 Å². The Balaban J connectivity index is 1.74. The fraction of sp³-hybridized carbons (Fsp3) is 0.250. The zero-order valence-electron chi connectivity index (χ0n) is 15.1. The minimum Gasteiger partial charge on any atom is -0.487 e. The molecule has 140 valence electrons. The maximum Gasteiger partial charge on any atom is 0.303 e. The van der Waals surface area contributed by atoms with Gasteiger partial charge in [0.1, 0.15) is 18.1 Å². The van der Waals surface area contributed by atoms with E-state index in [1.165, 1.54) is 0 Å². The van der Waals surface area contributed by atoms with Crippen LogP contribution in [0.5, 0.6) is 5.75 Å². The van der Waals surface area contributed by atoms with Crippen LogP contribution < -0.4 is 4.74 Å². The van der Waals surface area contributed by atoms with Crippen LogP contribution in [0.3, 0.4) is 0 Å². The van der Waals surface area contributed by atoms with Crippen molar-refractivity contribution in [2.45, 2.75) is 33.3 Å². The highest BCUT2D eigenvalue weighted by atomic mass is 35.5. The molecule has 0 radical (unpaired) electrons. The van der Waals surface area contributed by atoms with Gasteiger partial charge in [-0.05, 0) is 67.3 Å². The molecule has 0 aliphatic rings. The van der Waals surface area contributed by atoms with Gasteiger partial charge in [0, 0.05) is 11.4 Å². The maximum absolute atomic E-state index is 10.8. The van der Waals surface area contributed by atoms with Crippen molar-refractivity contribution in [1.29, 1.82) is 0 Å². The van der Waals surface area contributed by atoms with E-state index in [2.05, 4.69) is 10.3 Å². The van der Waals surface area contributed by atoms with Crippen LogP contribution in [0, 0.1) is 13.8 Å². The molecule has 0 fully saturated rings. The Labute approximate surface area is 162 Å². The zero-order valence-corrected chi connectivity index (χ0v) is 15.9. The van der Waals surface area contributed by atoms with Crippen LogP contribution in [-0.4, -0.2) is 26.1 Å². The van der Waals surface area contributed by atoms with E-state index >= 15 is 0 Å². The zero-order chi connectivity index (χ0) is 19.4. The normalized spacial score (nSPS) is 10.8. The molecule has 0 bridgehead atoms. The molecule has 0 aliphatic carbocycles. The molecule has 1 heterocycles. The third kappa shape index (κ3) is 4.46. The van der Waals surface area contributed by atoms with Crippen molar-refractivity contribution in [2.75, 3.05) is 0 Å². The summed E-state index contributed by atoms with van der Waals surface area (Å²) < 4.78 is 7.69. The Kier molecular flexibility index (Phi) is 5.76. The standard InChI is InChI=1S/C20H20ClN3O3/c1-13-14(2)19(9-3-15(13)4-10-20(25)26)27-12-18-11-22-23-24(18)17-7-5-16(21)6-8-17/h3,5-9,11H,4,10,12H2,1-2H3,(H,25,26). The first-order valence-electron chi connectivity index (χ1n) is 8.55. The molecule has 0 saturated heterocycles. The molecular weight excluding hydrogens is 366 g/mol. The minimum atomic E-state index is -0.796. The third-order valence-electron chi connectivity index (χ3n) is 4.52. The predicted molar refractivity (Wildman–Crippen MR) is 103 cm³/mol. The molecule has 0 unspecified atom stereocenters. The fourth-order valence-corrected chi connectivity index (χ4v) is 2.95. The highest BCUT2D eigenvalue weighted by Gasteiger charge is 2.11. The summed E-state index contributed by atoms with van der Waals surface area (Å²) in [6, 6.07) is 11.1. The third-order valence-corrected chi connectivity index (χ3v) is 4.78. The molecule has 0 amide bonds. The van der Waals surface area contributed by atoms with Crippen molar-refractivity contribution in [3.05, 3.63) is 70.0 Å². The van der Waals surface area contributed by atoms with E-state index in [1.807, 2.05) is 38.1 Å². The number of carbonyl (C=O) groups is 1. The van der Waals surface area contributed by atoms with E-state index < -0.39 is 5.97 Å². The van der Waals surface area contributed by atoms with Crippen molar-refractivity contribution in [3.63, 3.8) is 0 Å². The lowest BCUT2D eigenvalue weighted by molar-refractivity contribution is -0.136. The van der Waals surface area contributed by atoms with Crippen molar-refractivity contribution in [3.8, 4) is 11.4 Å². The quantitative estimate of drug-likeness (QED) is 0.661. The Hall–Kier alpha value is -2.86. The number of aryl methyl sites for hydroxylation is 1. The van der Waals surface area contributed by atoms with Crippen molar-refractivity contribution < 1.29 is 14.6 Å². The summed E-state index contributed by atoms with van der Waals surface area (Å²) in [7, 11) is 0. The van der Waals surface area contributed by atoms with Gasteiger partial charge in [0.15, 0.2) is 0 Å².